The van der Waals surface area contributed by atoms with Crippen molar-refractivity contribution in [2.75, 3.05) is 13.2 Å². The highest BCUT2D eigenvalue weighted by Crippen LogP contribution is 2.51. The van der Waals surface area contributed by atoms with E-state index in [1.54, 1.807) is 0 Å². The fourth-order valence-corrected chi connectivity index (χ4v) is 2.91. The molecule has 0 fully saturated rings. The molecule has 0 aromatic heterocycles. The lowest BCUT2D eigenvalue weighted by Crippen LogP contribution is -2.09. The summed E-state index contributed by atoms with van der Waals surface area (Å²) in [5.74, 6) is 0. The molecule has 0 bridgehead atoms. The van der Waals surface area contributed by atoms with Crippen LogP contribution in [0, 0.1) is 0 Å². The van der Waals surface area contributed by atoms with Gasteiger partial charge in [0.15, 0.2) is 0 Å². The molecule has 1 rings (SSSR count). The molecule has 0 aliphatic carbocycles. The minimum atomic E-state index is -4.49. The van der Waals surface area contributed by atoms with E-state index >= 15 is 0 Å². The normalized spacial score (nSPS) is 12.4. The Balaban J connectivity index is 3.05. The second kappa shape index (κ2) is 6.52. The summed E-state index contributed by atoms with van der Waals surface area (Å²) < 4.78 is 59.1. The molecule has 0 radical (unpaired) electrons. The van der Waals surface area contributed by atoms with Gasteiger partial charge in [0.1, 0.15) is 0 Å². The van der Waals surface area contributed by atoms with E-state index in [2.05, 4.69) is 0 Å². The first-order valence-electron chi connectivity index (χ1n) is 5.86. The fraction of sp³-hybridized carbons (Fsp3) is 0.417. The molecule has 1 aromatic rings. The van der Waals surface area contributed by atoms with E-state index in [1.807, 2.05) is 0 Å². The van der Waals surface area contributed by atoms with Gasteiger partial charge in [0.25, 0.3) is 5.52 Å². The number of carbonyl (C=O) groups excluding carboxylic acids is 1. The molecule has 8 heteroatoms. The van der Waals surface area contributed by atoms with E-state index in [9.17, 15) is 22.5 Å². The molecule has 0 aliphatic rings. The van der Waals surface area contributed by atoms with Crippen molar-refractivity contribution in [3.8, 4) is 0 Å². The number of benzene rings is 1. The Bertz CT molecular complexity index is 500. The summed E-state index contributed by atoms with van der Waals surface area (Å²) in [4.78, 5) is 12.0. The second-order valence-corrected chi connectivity index (χ2v) is 5.63. The van der Waals surface area contributed by atoms with Crippen LogP contribution in [0.4, 0.5) is 13.2 Å². The Labute approximate surface area is 114 Å². The topological polar surface area (TPSA) is 52.6 Å². The number of rotatable bonds is 6. The first-order chi connectivity index (χ1) is 9.24. The van der Waals surface area contributed by atoms with Crippen molar-refractivity contribution in [2.24, 2.45) is 0 Å². The number of hydrogen-bond donors (Lipinski definition) is 0. The van der Waals surface area contributed by atoms with Crippen molar-refractivity contribution < 1.29 is 31.6 Å². The average Bonchev–Trinajstić information content (AvgIpc) is 2.37. The van der Waals surface area contributed by atoms with Gasteiger partial charge in [-0.15, -0.1) is 0 Å². The summed E-state index contributed by atoms with van der Waals surface area (Å²) in [5.41, 5.74) is -1.99. The van der Waals surface area contributed by atoms with Crippen molar-refractivity contribution in [2.45, 2.75) is 20.0 Å². The van der Waals surface area contributed by atoms with Gasteiger partial charge in [-0.05, 0) is 26.0 Å². The SMILES string of the molecule is CCOP(=O)(OCC)C(=O)c1ccc(C(F)(F)F)cc1. The Morgan fingerprint density at radius 1 is 1.10 bits per heavy atom. The molecule has 4 nitrogen and oxygen atoms in total. The molecule has 0 unspecified atom stereocenters. The second-order valence-electron chi connectivity index (χ2n) is 3.71. The zero-order valence-electron chi connectivity index (χ0n) is 10.9. The summed E-state index contributed by atoms with van der Waals surface area (Å²) >= 11 is 0. The molecule has 0 heterocycles. The quantitative estimate of drug-likeness (QED) is 0.742. The lowest BCUT2D eigenvalue weighted by Gasteiger charge is -2.15. The Morgan fingerprint density at radius 2 is 1.55 bits per heavy atom. The van der Waals surface area contributed by atoms with E-state index in [4.69, 9.17) is 9.05 Å². The minimum Gasteiger partial charge on any atom is -0.303 e. The molecular formula is C12H14F3O4P. The summed E-state index contributed by atoms with van der Waals surface area (Å²) in [6.07, 6.45) is -4.49. The van der Waals surface area contributed by atoms with Gasteiger partial charge in [-0.3, -0.25) is 9.36 Å². The maximum atomic E-state index is 12.4. The van der Waals surface area contributed by atoms with Gasteiger partial charge in [0.05, 0.1) is 18.8 Å². The Morgan fingerprint density at radius 3 is 1.90 bits per heavy atom. The van der Waals surface area contributed by atoms with Gasteiger partial charge < -0.3 is 9.05 Å². The highest BCUT2D eigenvalue weighted by molar-refractivity contribution is 7.72. The molecule has 0 aliphatic heterocycles. The van der Waals surface area contributed by atoms with Gasteiger partial charge in [-0.25, -0.2) is 0 Å². The number of halogens is 3. The zero-order valence-corrected chi connectivity index (χ0v) is 11.8. The lowest BCUT2D eigenvalue weighted by molar-refractivity contribution is -0.137. The van der Waals surface area contributed by atoms with Gasteiger partial charge in [0, 0.05) is 5.56 Å². The van der Waals surface area contributed by atoms with E-state index in [0.717, 1.165) is 24.3 Å². The number of carbonyl (C=O) groups is 1. The minimum absolute atomic E-state index is 0.0103. The van der Waals surface area contributed by atoms with Crippen LogP contribution in [0.5, 0.6) is 0 Å². The predicted octanol–water partition coefficient (Wildman–Crippen LogP) is 4.11. The molecule has 112 valence electrons. The molecule has 0 saturated heterocycles. The van der Waals surface area contributed by atoms with Crippen molar-refractivity contribution in [3.05, 3.63) is 35.4 Å². The van der Waals surface area contributed by atoms with Crippen LogP contribution in [-0.2, 0) is 19.8 Å². The molecule has 1 aromatic carbocycles. The van der Waals surface area contributed by atoms with Crippen molar-refractivity contribution in [3.63, 3.8) is 0 Å². The van der Waals surface area contributed by atoms with Crippen LogP contribution in [0.1, 0.15) is 29.8 Å². The largest absolute Gasteiger partial charge is 0.416 e. The third kappa shape index (κ3) is 3.91. The van der Waals surface area contributed by atoms with Crippen LogP contribution in [-0.4, -0.2) is 18.7 Å². The van der Waals surface area contributed by atoms with Crippen molar-refractivity contribution >= 4 is 13.1 Å². The third-order valence-electron chi connectivity index (χ3n) is 2.31. The molecule has 0 spiro atoms. The standard InChI is InChI=1S/C12H14F3O4P/c1-3-18-20(17,19-4-2)11(16)9-5-7-10(8-6-9)12(13,14)15/h5-8H,3-4H2,1-2H3. The van der Waals surface area contributed by atoms with E-state index in [0.29, 0.717) is 0 Å². The average molecular weight is 310 g/mol. The van der Waals surface area contributed by atoms with Gasteiger partial charge >= 0.3 is 13.8 Å². The van der Waals surface area contributed by atoms with Gasteiger partial charge in [-0.2, -0.15) is 13.2 Å². The van der Waals surface area contributed by atoms with E-state index < -0.39 is 24.9 Å². The first kappa shape index (κ1) is 16.9. The summed E-state index contributed by atoms with van der Waals surface area (Å²) in [7, 11) is -4.01. The van der Waals surface area contributed by atoms with Crippen LogP contribution in [0.15, 0.2) is 24.3 Å². The number of alkyl halides is 3. The van der Waals surface area contributed by atoms with Crippen LogP contribution in [0.25, 0.3) is 0 Å². The highest BCUT2D eigenvalue weighted by atomic mass is 31.2. The van der Waals surface area contributed by atoms with Gasteiger partial charge in [-0.1, -0.05) is 12.1 Å². The summed E-state index contributed by atoms with van der Waals surface area (Å²) in [6.45, 7) is 3.05. The smallest absolute Gasteiger partial charge is 0.303 e. The van der Waals surface area contributed by atoms with Crippen molar-refractivity contribution in [1.82, 2.24) is 0 Å². The van der Waals surface area contributed by atoms with E-state index in [1.165, 1.54) is 13.8 Å². The molecule has 0 saturated carbocycles. The van der Waals surface area contributed by atoms with Crippen LogP contribution in [0.2, 0.25) is 0 Å². The monoisotopic (exact) mass is 310 g/mol. The Hall–Kier alpha value is -1.17. The Kier molecular flexibility index (Phi) is 5.50. The first-order valence-corrected chi connectivity index (χ1v) is 7.40. The maximum Gasteiger partial charge on any atom is 0.416 e. The number of hydrogen-bond acceptors (Lipinski definition) is 4. The van der Waals surface area contributed by atoms with E-state index in [-0.39, 0.29) is 18.8 Å². The van der Waals surface area contributed by atoms with Gasteiger partial charge in [0.2, 0.25) is 0 Å². The zero-order chi connectivity index (χ0) is 15.4. The molecular weight excluding hydrogens is 296 g/mol. The highest BCUT2D eigenvalue weighted by Gasteiger charge is 2.36. The van der Waals surface area contributed by atoms with Crippen LogP contribution < -0.4 is 0 Å². The summed E-state index contributed by atoms with van der Waals surface area (Å²) in [6, 6.07) is 3.40. The molecule has 0 amide bonds. The predicted molar refractivity (Wildman–Crippen MR) is 66.6 cm³/mol. The lowest BCUT2D eigenvalue weighted by atomic mass is 10.1. The maximum absolute atomic E-state index is 12.4. The fourth-order valence-electron chi connectivity index (χ4n) is 1.45. The molecule has 0 atom stereocenters. The third-order valence-corrected chi connectivity index (χ3v) is 4.26. The van der Waals surface area contributed by atoms with Crippen LogP contribution in [0.3, 0.4) is 0 Å². The van der Waals surface area contributed by atoms with Crippen molar-refractivity contribution in [1.29, 1.82) is 0 Å². The summed E-state index contributed by atoms with van der Waals surface area (Å²) in [5, 5.41) is 0. The molecule has 0 N–H and O–H groups in total. The molecule has 20 heavy (non-hydrogen) atoms. The van der Waals surface area contributed by atoms with Crippen LogP contribution >= 0.6 is 7.60 Å².